The Bertz CT molecular complexity index is 532. The third kappa shape index (κ3) is 2.72. The van der Waals surface area contributed by atoms with Crippen molar-refractivity contribution in [2.75, 3.05) is 0 Å². The molecule has 1 aromatic rings. The van der Waals surface area contributed by atoms with Crippen LogP contribution in [0.1, 0.15) is 76.6 Å². The molecule has 0 bridgehead atoms. The zero-order valence-electron chi connectivity index (χ0n) is 15.8. The fourth-order valence-electron chi connectivity index (χ4n) is 5.19. The Balaban J connectivity index is 2.48. The number of nitrogens with two attached hydrogens (primary N) is 2. The van der Waals surface area contributed by atoms with Crippen molar-refractivity contribution >= 4 is 5.78 Å². The van der Waals surface area contributed by atoms with Crippen LogP contribution in [0, 0.1) is 16.7 Å². The number of carbonyl (C=O) groups excluding carboxylic acids is 1. The van der Waals surface area contributed by atoms with E-state index >= 15 is 0 Å². The van der Waals surface area contributed by atoms with Gasteiger partial charge in [0.05, 0.1) is 5.66 Å². The molecule has 0 atom stereocenters. The molecule has 134 valence electrons. The highest BCUT2D eigenvalue weighted by Gasteiger charge is 2.60. The first-order chi connectivity index (χ1) is 11.3. The minimum absolute atomic E-state index is 0.00687. The van der Waals surface area contributed by atoms with Gasteiger partial charge in [0, 0.05) is 22.3 Å². The van der Waals surface area contributed by atoms with Crippen LogP contribution >= 0.6 is 0 Å². The van der Waals surface area contributed by atoms with E-state index in [1.54, 1.807) is 0 Å². The van der Waals surface area contributed by atoms with E-state index in [2.05, 4.69) is 27.7 Å². The molecule has 2 rings (SSSR count). The summed E-state index contributed by atoms with van der Waals surface area (Å²) >= 11 is 0. The smallest absolute Gasteiger partial charge is 0.165 e. The molecule has 0 aromatic heterocycles. The molecule has 1 aromatic carbocycles. The summed E-state index contributed by atoms with van der Waals surface area (Å²) in [7, 11) is 0. The molecule has 1 fully saturated rings. The van der Waals surface area contributed by atoms with Gasteiger partial charge in [0.25, 0.3) is 0 Å². The summed E-state index contributed by atoms with van der Waals surface area (Å²) in [5.74, 6) is 0.260. The van der Waals surface area contributed by atoms with Gasteiger partial charge in [-0.3, -0.25) is 4.79 Å². The fraction of sp³-hybridized carbons (Fsp3) is 0.667. The average Bonchev–Trinajstić information content (AvgIpc) is 2.62. The van der Waals surface area contributed by atoms with Crippen LogP contribution in [0.5, 0.6) is 0 Å². The lowest BCUT2D eigenvalue weighted by molar-refractivity contribution is -0.0850. The Morgan fingerprint density at radius 1 is 0.917 bits per heavy atom. The predicted octanol–water partition coefficient (Wildman–Crippen LogP) is 4.51. The number of rotatable bonds is 6. The lowest BCUT2D eigenvalue weighted by atomic mass is 9.48. The quantitative estimate of drug-likeness (QED) is 0.596. The van der Waals surface area contributed by atoms with E-state index in [9.17, 15) is 4.79 Å². The highest BCUT2D eigenvalue weighted by molar-refractivity contribution is 5.98. The first-order valence-electron chi connectivity index (χ1n) is 9.50. The fourth-order valence-corrected chi connectivity index (χ4v) is 5.19. The Kier molecular flexibility index (Phi) is 5.56. The van der Waals surface area contributed by atoms with Gasteiger partial charge in [-0.1, -0.05) is 58.0 Å². The molecule has 1 saturated carbocycles. The zero-order valence-corrected chi connectivity index (χ0v) is 15.8. The van der Waals surface area contributed by atoms with E-state index in [-0.39, 0.29) is 22.5 Å². The number of hydrogen-bond donors (Lipinski definition) is 2. The van der Waals surface area contributed by atoms with Gasteiger partial charge in [-0.2, -0.15) is 0 Å². The second-order valence-corrected chi connectivity index (χ2v) is 7.68. The molecule has 0 amide bonds. The van der Waals surface area contributed by atoms with Crippen molar-refractivity contribution < 1.29 is 4.79 Å². The van der Waals surface area contributed by atoms with Gasteiger partial charge >= 0.3 is 0 Å². The molecule has 1 aliphatic rings. The Morgan fingerprint density at radius 3 is 1.71 bits per heavy atom. The van der Waals surface area contributed by atoms with Crippen LogP contribution in [0.2, 0.25) is 0 Å². The number of benzene rings is 1. The minimum atomic E-state index is -0.736. The maximum atomic E-state index is 13.2. The number of ketones is 1. The monoisotopic (exact) mass is 330 g/mol. The Hall–Kier alpha value is -1.19. The van der Waals surface area contributed by atoms with E-state index in [0.717, 1.165) is 44.1 Å². The van der Waals surface area contributed by atoms with Crippen LogP contribution in [-0.4, -0.2) is 11.4 Å². The van der Waals surface area contributed by atoms with Crippen LogP contribution in [0.3, 0.4) is 0 Å². The third-order valence-corrected chi connectivity index (χ3v) is 7.17. The molecule has 24 heavy (non-hydrogen) atoms. The van der Waals surface area contributed by atoms with E-state index in [1.807, 2.05) is 30.3 Å². The summed E-state index contributed by atoms with van der Waals surface area (Å²) in [6.45, 7) is 8.68. The molecule has 0 heterocycles. The third-order valence-electron chi connectivity index (χ3n) is 7.17. The first kappa shape index (κ1) is 19.1. The van der Waals surface area contributed by atoms with Crippen molar-refractivity contribution in [1.82, 2.24) is 0 Å². The normalized spacial score (nSPS) is 22.2. The molecule has 4 N–H and O–H groups in total. The van der Waals surface area contributed by atoms with Crippen molar-refractivity contribution in [2.24, 2.45) is 28.2 Å². The summed E-state index contributed by atoms with van der Waals surface area (Å²) < 4.78 is 0. The molecule has 0 unspecified atom stereocenters. The first-order valence-corrected chi connectivity index (χ1v) is 9.50. The van der Waals surface area contributed by atoms with Crippen LogP contribution < -0.4 is 11.5 Å². The molecule has 0 saturated heterocycles. The minimum Gasteiger partial charge on any atom is -0.313 e. The highest BCUT2D eigenvalue weighted by atomic mass is 16.1. The van der Waals surface area contributed by atoms with Crippen LogP contribution in [0.15, 0.2) is 30.3 Å². The molecule has 3 nitrogen and oxygen atoms in total. The summed E-state index contributed by atoms with van der Waals surface area (Å²) in [6, 6.07) is 9.67. The molecule has 3 heteroatoms. The lowest BCUT2D eigenvalue weighted by Gasteiger charge is -2.62. The van der Waals surface area contributed by atoms with E-state index in [0.29, 0.717) is 0 Å². The number of Topliss-reactive ketones (excluding diaryl/α,β-unsaturated/α-hetero) is 1. The maximum absolute atomic E-state index is 13.2. The highest BCUT2D eigenvalue weighted by Crippen LogP contribution is 2.58. The lowest BCUT2D eigenvalue weighted by Crippen LogP contribution is -2.74. The van der Waals surface area contributed by atoms with Gasteiger partial charge in [-0.05, 0) is 38.5 Å². The van der Waals surface area contributed by atoms with Crippen LogP contribution in [0.25, 0.3) is 0 Å². The van der Waals surface area contributed by atoms with Crippen molar-refractivity contribution in [2.45, 2.75) is 71.9 Å². The summed E-state index contributed by atoms with van der Waals surface area (Å²) in [4.78, 5) is 13.2. The standard InChI is InChI=1S/C21H34N2O/c1-5-19(6-2)14-17(18(24)16-12-10-9-11-13-16)15-20(7-3,8-4)21(19,22)23/h9-13,17H,5-8,14-15,22-23H2,1-4H3. The van der Waals surface area contributed by atoms with Crippen molar-refractivity contribution in [3.05, 3.63) is 35.9 Å². The Morgan fingerprint density at radius 2 is 1.33 bits per heavy atom. The molecule has 0 radical (unpaired) electrons. The van der Waals surface area contributed by atoms with E-state index in [1.165, 1.54) is 0 Å². The van der Waals surface area contributed by atoms with Crippen LogP contribution in [-0.2, 0) is 0 Å². The van der Waals surface area contributed by atoms with E-state index < -0.39 is 5.66 Å². The zero-order chi connectivity index (χ0) is 18.0. The molecular weight excluding hydrogens is 296 g/mol. The van der Waals surface area contributed by atoms with Gasteiger partial charge in [0.2, 0.25) is 0 Å². The van der Waals surface area contributed by atoms with Crippen molar-refractivity contribution in [3.8, 4) is 0 Å². The predicted molar refractivity (Wildman–Crippen MR) is 101 cm³/mol. The number of carbonyl (C=O) groups is 1. The Labute approximate surface area is 147 Å². The summed E-state index contributed by atoms with van der Waals surface area (Å²) in [5.41, 5.74) is 13.4. The van der Waals surface area contributed by atoms with Crippen LogP contribution in [0.4, 0.5) is 0 Å². The maximum Gasteiger partial charge on any atom is 0.165 e. The SMILES string of the molecule is CCC1(CC)CC(C(=O)c2ccccc2)CC(CC)(CC)C1(N)N. The molecule has 0 spiro atoms. The van der Waals surface area contributed by atoms with Gasteiger partial charge in [0.15, 0.2) is 5.78 Å². The summed E-state index contributed by atoms with van der Waals surface area (Å²) in [6.07, 6.45) is 5.24. The molecule has 1 aliphatic carbocycles. The number of hydrogen-bond acceptors (Lipinski definition) is 3. The van der Waals surface area contributed by atoms with Gasteiger partial charge in [-0.15, -0.1) is 0 Å². The van der Waals surface area contributed by atoms with Crippen molar-refractivity contribution in [1.29, 1.82) is 0 Å². The topological polar surface area (TPSA) is 69.1 Å². The largest absolute Gasteiger partial charge is 0.313 e. The molecule has 0 aliphatic heterocycles. The van der Waals surface area contributed by atoms with Gasteiger partial charge < -0.3 is 11.5 Å². The molecular formula is C21H34N2O. The second-order valence-electron chi connectivity index (χ2n) is 7.68. The average molecular weight is 331 g/mol. The van der Waals surface area contributed by atoms with Crippen molar-refractivity contribution in [3.63, 3.8) is 0 Å². The van der Waals surface area contributed by atoms with Gasteiger partial charge in [-0.25, -0.2) is 0 Å². The second kappa shape index (κ2) is 6.97. The summed E-state index contributed by atoms with van der Waals surface area (Å²) in [5, 5.41) is 0. The van der Waals surface area contributed by atoms with Gasteiger partial charge in [0.1, 0.15) is 0 Å². The van der Waals surface area contributed by atoms with E-state index in [4.69, 9.17) is 11.5 Å².